The van der Waals surface area contributed by atoms with Gasteiger partial charge in [0.05, 0.1) is 6.61 Å². The first-order valence-corrected chi connectivity index (χ1v) is 6.88. The number of rotatable bonds is 5. The van der Waals surface area contributed by atoms with E-state index in [-0.39, 0.29) is 18.1 Å². The van der Waals surface area contributed by atoms with E-state index >= 15 is 0 Å². The summed E-state index contributed by atoms with van der Waals surface area (Å²) < 4.78 is 10.5. The van der Waals surface area contributed by atoms with E-state index in [1.807, 2.05) is 0 Å². The van der Waals surface area contributed by atoms with Crippen LogP contribution in [-0.4, -0.2) is 74.6 Å². The Hall–Kier alpha value is -1.42. The molecule has 0 saturated carbocycles. The molecule has 1 aromatic rings. The Bertz CT molecular complexity index is 492. The second kappa shape index (κ2) is 7.23. The van der Waals surface area contributed by atoms with Crippen molar-refractivity contribution in [2.45, 2.75) is 37.1 Å². The van der Waals surface area contributed by atoms with Crippen molar-refractivity contribution in [3.05, 3.63) is 23.8 Å². The lowest BCUT2D eigenvalue weighted by Crippen LogP contribution is -2.60. The topological polar surface area (TPSA) is 140 Å². The van der Waals surface area contributed by atoms with Crippen LogP contribution >= 0.6 is 0 Å². The van der Waals surface area contributed by atoms with E-state index in [4.69, 9.17) is 19.7 Å². The van der Waals surface area contributed by atoms with E-state index in [2.05, 4.69) is 0 Å². The summed E-state index contributed by atoms with van der Waals surface area (Å²) >= 11 is 0. The van der Waals surface area contributed by atoms with Gasteiger partial charge in [-0.05, 0) is 24.1 Å². The highest BCUT2D eigenvalue weighted by Gasteiger charge is 2.44. The maximum Gasteiger partial charge on any atom is 0.229 e. The largest absolute Gasteiger partial charge is 0.504 e. The summed E-state index contributed by atoms with van der Waals surface area (Å²) in [6, 6.07) is 4.43. The number of phenols is 1. The van der Waals surface area contributed by atoms with E-state index in [1.165, 1.54) is 12.1 Å². The number of aliphatic hydroxyl groups is 5. The number of phenolic OH excluding ortho intramolecular Hbond substituents is 1. The Kier molecular flexibility index (Phi) is 5.57. The third-order valence-electron chi connectivity index (χ3n) is 3.52. The van der Waals surface area contributed by atoms with Crippen molar-refractivity contribution in [1.29, 1.82) is 0 Å². The molecule has 22 heavy (non-hydrogen) atoms. The zero-order chi connectivity index (χ0) is 16.3. The lowest BCUT2D eigenvalue weighted by molar-refractivity contribution is -0.277. The number of ether oxygens (including phenoxy) is 2. The molecule has 1 fully saturated rings. The van der Waals surface area contributed by atoms with Crippen molar-refractivity contribution in [3.8, 4) is 11.5 Å². The Morgan fingerprint density at radius 1 is 1.05 bits per heavy atom. The van der Waals surface area contributed by atoms with Gasteiger partial charge < -0.3 is 40.1 Å². The van der Waals surface area contributed by atoms with Gasteiger partial charge in [-0.25, -0.2) is 0 Å². The molecule has 1 heterocycles. The lowest BCUT2D eigenvalue weighted by Gasteiger charge is -2.39. The van der Waals surface area contributed by atoms with Gasteiger partial charge in [-0.15, -0.1) is 0 Å². The molecule has 0 aliphatic carbocycles. The van der Waals surface area contributed by atoms with Crippen LogP contribution in [0, 0.1) is 0 Å². The fraction of sp³-hybridized carbons (Fsp3) is 0.571. The Labute approximate surface area is 126 Å². The zero-order valence-electron chi connectivity index (χ0n) is 11.7. The maximum atomic E-state index is 9.88. The van der Waals surface area contributed by atoms with Crippen LogP contribution in [0.15, 0.2) is 18.2 Å². The van der Waals surface area contributed by atoms with Crippen LogP contribution in [0.4, 0.5) is 0 Å². The second-order valence-corrected chi connectivity index (χ2v) is 5.09. The summed E-state index contributed by atoms with van der Waals surface area (Å²) in [6.07, 6.45) is -6.70. The van der Waals surface area contributed by atoms with Crippen LogP contribution in [0.5, 0.6) is 11.5 Å². The van der Waals surface area contributed by atoms with Crippen molar-refractivity contribution < 1.29 is 40.1 Å². The molecule has 1 aliphatic rings. The molecular formula is C14H20O8. The van der Waals surface area contributed by atoms with Crippen molar-refractivity contribution >= 4 is 0 Å². The lowest BCUT2D eigenvalue weighted by atomic mass is 9.99. The van der Waals surface area contributed by atoms with Gasteiger partial charge in [0.1, 0.15) is 24.4 Å². The predicted octanol–water partition coefficient (Wildman–Crippen LogP) is -1.89. The van der Waals surface area contributed by atoms with Gasteiger partial charge in [-0.3, -0.25) is 0 Å². The van der Waals surface area contributed by atoms with Gasteiger partial charge in [-0.2, -0.15) is 0 Å². The fourth-order valence-electron chi connectivity index (χ4n) is 2.23. The Balaban J connectivity index is 2.16. The van der Waals surface area contributed by atoms with Gasteiger partial charge in [0.25, 0.3) is 0 Å². The highest BCUT2D eigenvalue weighted by atomic mass is 16.7. The molecule has 8 heteroatoms. The summed E-state index contributed by atoms with van der Waals surface area (Å²) in [5.74, 6) is -0.214. The van der Waals surface area contributed by atoms with Gasteiger partial charge >= 0.3 is 0 Å². The highest BCUT2D eigenvalue weighted by Crippen LogP contribution is 2.31. The highest BCUT2D eigenvalue weighted by molar-refractivity contribution is 5.42. The van der Waals surface area contributed by atoms with Crippen molar-refractivity contribution in [3.63, 3.8) is 0 Å². The van der Waals surface area contributed by atoms with Gasteiger partial charge in [0, 0.05) is 6.61 Å². The van der Waals surface area contributed by atoms with Crippen molar-refractivity contribution in [2.24, 2.45) is 0 Å². The van der Waals surface area contributed by atoms with Crippen LogP contribution in [0.3, 0.4) is 0 Å². The van der Waals surface area contributed by atoms with Crippen LogP contribution in [0.25, 0.3) is 0 Å². The van der Waals surface area contributed by atoms with Gasteiger partial charge in [-0.1, -0.05) is 6.07 Å². The van der Waals surface area contributed by atoms with E-state index in [9.17, 15) is 20.4 Å². The maximum absolute atomic E-state index is 9.88. The first-order chi connectivity index (χ1) is 10.5. The normalized spacial score (nSPS) is 32.0. The van der Waals surface area contributed by atoms with E-state index in [1.54, 1.807) is 6.07 Å². The molecule has 1 aliphatic heterocycles. The van der Waals surface area contributed by atoms with E-state index in [0.717, 1.165) is 0 Å². The number of benzene rings is 1. The molecule has 124 valence electrons. The average Bonchev–Trinajstić information content (AvgIpc) is 2.51. The summed E-state index contributed by atoms with van der Waals surface area (Å²) in [4.78, 5) is 0. The predicted molar refractivity (Wildman–Crippen MR) is 73.3 cm³/mol. The number of hydrogen-bond acceptors (Lipinski definition) is 8. The van der Waals surface area contributed by atoms with Crippen LogP contribution in [-0.2, 0) is 11.2 Å². The van der Waals surface area contributed by atoms with Crippen molar-refractivity contribution in [2.75, 3.05) is 13.2 Å². The van der Waals surface area contributed by atoms with E-state index in [0.29, 0.717) is 12.0 Å². The standard InChI is InChI=1S/C14H20O8/c15-4-3-7-1-2-8(17)9(5-7)21-14-13(20)12(19)11(18)10(6-16)22-14/h1-2,5,10-20H,3-4,6H2/t10-,11-,12+,13-,14?/m1/s1. The molecule has 0 amide bonds. The van der Waals surface area contributed by atoms with Crippen LogP contribution in [0.1, 0.15) is 5.56 Å². The van der Waals surface area contributed by atoms with Crippen LogP contribution in [0.2, 0.25) is 0 Å². The van der Waals surface area contributed by atoms with Gasteiger partial charge in [0.15, 0.2) is 11.5 Å². The molecule has 8 nitrogen and oxygen atoms in total. The molecule has 6 N–H and O–H groups in total. The molecule has 2 rings (SSSR count). The summed E-state index contributed by atoms with van der Waals surface area (Å²) in [5.41, 5.74) is 0.694. The smallest absolute Gasteiger partial charge is 0.229 e. The zero-order valence-corrected chi connectivity index (χ0v) is 11.7. The second-order valence-electron chi connectivity index (χ2n) is 5.09. The molecule has 5 atom stereocenters. The summed E-state index contributed by atoms with van der Waals surface area (Å²) in [6.45, 7) is -0.647. The number of aliphatic hydroxyl groups excluding tert-OH is 5. The Morgan fingerprint density at radius 2 is 1.77 bits per heavy atom. The van der Waals surface area contributed by atoms with Crippen LogP contribution < -0.4 is 4.74 Å². The van der Waals surface area contributed by atoms with E-state index < -0.39 is 37.3 Å². The minimum Gasteiger partial charge on any atom is -0.504 e. The first kappa shape index (κ1) is 16.9. The fourth-order valence-corrected chi connectivity index (χ4v) is 2.23. The van der Waals surface area contributed by atoms with Gasteiger partial charge in [0.2, 0.25) is 6.29 Å². The molecular weight excluding hydrogens is 296 g/mol. The SMILES string of the molecule is OCCc1ccc(O)c(OC2O[C@H](CO)[C@@H](O)[C@H](O)[C@H]2O)c1. The summed E-state index contributed by atoms with van der Waals surface area (Å²) in [7, 11) is 0. The minimum atomic E-state index is -1.56. The molecule has 1 unspecified atom stereocenters. The third-order valence-corrected chi connectivity index (χ3v) is 3.52. The Morgan fingerprint density at radius 3 is 2.41 bits per heavy atom. The third kappa shape index (κ3) is 3.49. The molecule has 1 saturated heterocycles. The minimum absolute atomic E-state index is 0.00437. The molecule has 0 radical (unpaired) electrons. The molecule has 1 aromatic carbocycles. The number of hydrogen-bond donors (Lipinski definition) is 6. The molecule has 0 bridgehead atoms. The van der Waals surface area contributed by atoms with Crippen molar-refractivity contribution in [1.82, 2.24) is 0 Å². The molecule has 0 aromatic heterocycles. The average molecular weight is 316 g/mol. The first-order valence-electron chi connectivity index (χ1n) is 6.88. The molecule has 0 spiro atoms. The number of aromatic hydroxyl groups is 1. The summed E-state index contributed by atoms with van der Waals surface area (Å²) in [5, 5.41) is 57.1. The monoisotopic (exact) mass is 316 g/mol. The quantitative estimate of drug-likeness (QED) is 0.370.